The lowest BCUT2D eigenvalue weighted by Crippen LogP contribution is -2.61. The lowest BCUT2D eigenvalue weighted by Gasteiger charge is -2.41. The molecule has 0 aromatic heterocycles. The number of hydrogen-bond acceptors (Lipinski definition) is 6. The van der Waals surface area contributed by atoms with Gasteiger partial charge in [0.05, 0.1) is 32.5 Å². The summed E-state index contributed by atoms with van der Waals surface area (Å²) in [6.07, 6.45) is -0.685. The van der Waals surface area contributed by atoms with Crippen LogP contribution in [0.4, 0.5) is 5.69 Å². The number of nitro groups is 1. The van der Waals surface area contributed by atoms with Crippen molar-refractivity contribution in [1.82, 2.24) is 0 Å². The number of nitrogens with zero attached hydrogens (tertiary/aromatic N) is 2. The zero-order valence-electron chi connectivity index (χ0n) is 14.6. The quantitative estimate of drug-likeness (QED) is 0.293. The van der Waals surface area contributed by atoms with Crippen molar-refractivity contribution in [3.63, 3.8) is 0 Å². The Labute approximate surface area is 150 Å². The van der Waals surface area contributed by atoms with E-state index < -0.39 is 34.1 Å². The average molecular weight is 371 g/mol. The third-order valence-corrected chi connectivity index (χ3v) is 5.54. The van der Waals surface area contributed by atoms with Gasteiger partial charge in [-0.3, -0.25) is 19.7 Å². The fraction of sp³-hybridized carbons (Fsp3) is 0.500. The maximum absolute atomic E-state index is 12.0. The highest BCUT2D eigenvalue weighted by atomic mass is 32.2. The molecular formula is C16H23N2O6S+. The van der Waals surface area contributed by atoms with Gasteiger partial charge in [-0.2, -0.15) is 0 Å². The number of non-ortho nitro benzene ring substituents is 1. The molecule has 0 saturated heterocycles. The topological polar surface area (TPSA) is 118 Å². The second-order valence-electron chi connectivity index (χ2n) is 6.75. The van der Waals surface area contributed by atoms with E-state index in [0.717, 1.165) is 5.56 Å². The molecular weight excluding hydrogens is 348 g/mol. The normalized spacial score (nSPS) is 15.2. The van der Waals surface area contributed by atoms with Gasteiger partial charge < -0.3 is 14.7 Å². The Hall–Kier alpha value is -1.97. The van der Waals surface area contributed by atoms with Crippen LogP contribution in [0.3, 0.4) is 0 Å². The van der Waals surface area contributed by atoms with Crippen LogP contribution < -0.4 is 0 Å². The summed E-state index contributed by atoms with van der Waals surface area (Å²) in [7, 11) is 5.30. The Kier molecular flexibility index (Phi) is 6.69. The molecule has 0 bridgehead atoms. The summed E-state index contributed by atoms with van der Waals surface area (Å²) in [5.74, 6) is -1.50. The number of carboxylic acids is 1. The standard InChI is InChI=1S/C16H22N2O6S/c1-11(19)16(22,9-14(20)21)15(18(2,3)4)25-10-12-5-7-13(8-6-12)17(23)24/h5-8,15,22H,9-10H2,1-4H3/p+1. The summed E-state index contributed by atoms with van der Waals surface area (Å²) in [4.78, 5) is 33.3. The number of aliphatic hydroxyl groups is 1. The number of carbonyl (C=O) groups is 2. The van der Waals surface area contributed by atoms with Crippen LogP contribution >= 0.6 is 11.8 Å². The molecule has 0 radical (unpaired) electrons. The van der Waals surface area contributed by atoms with Gasteiger partial charge >= 0.3 is 5.97 Å². The first-order chi connectivity index (χ1) is 11.4. The van der Waals surface area contributed by atoms with Crippen LogP contribution in [0.2, 0.25) is 0 Å². The van der Waals surface area contributed by atoms with Crippen molar-refractivity contribution >= 4 is 29.2 Å². The number of carboxylic acid groups (broad SMARTS) is 1. The third-order valence-electron chi connectivity index (χ3n) is 3.70. The summed E-state index contributed by atoms with van der Waals surface area (Å²) < 4.78 is 0.168. The maximum Gasteiger partial charge on any atom is 0.307 e. The lowest BCUT2D eigenvalue weighted by atomic mass is 9.93. The first kappa shape index (κ1) is 21.1. The molecule has 1 aromatic rings. The monoisotopic (exact) mass is 371 g/mol. The van der Waals surface area contributed by atoms with Gasteiger partial charge in [-0.25, -0.2) is 0 Å². The number of likely N-dealkylation sites (N-methyl/N-ethyl adjacent to an activating group) is 1. The molecule has 1 aromatic carbocycles. The molecule has 0 aliphatic rings. The number of Topliss-reactive ketones (excluding diaryl/α,β-unsaturated/α-hetero) is 1. The molecule has 0 saturated carbocycles. The Morgan fingerprint density at radius 3 is 2.16 bits per heavy atom. The summed E-state index contributed by atoms with van der Waals surface area (Å²) in [5, 5.41) is 29.8. The van der Waals surface area contributed by atoms with Crippen molar-refractivity contribution in [3.05, 3.63) is 39.9 Å². The summed E-state index contributed by atoms with van der Waals surface area (Å²) in [6.45, 7) is 1.18. The highest BCUT2D eigenvalue weighted by molar-refractivity contribution is 7.99. The van der Waals surface area contributed by atoms with Crippen molar-refractivity contribution in [2.24, 2.45) is 0 Å². The van der Waals surface area contributed by atoms with Gasteiger partial charge in [0.2, 0.25) is 0 Å². The Balaban J connectivity index is 3.05. The van der Waals surface area contributed by atoms with Crippen LogP contribution in [0, 0.1) is 10.1 Å². The van der Waals surface area contributed by atoms with Gasteiger partial charge in [-0.15, -0.1) is 0 Å². The minimum Gasteiger partial charge on any atom is -0.481 e. The molecule has 0 heterocycles. The van der Waals surface area contributed by atoms with Gasteiger partial charge in [0.25, 0.3) is 5.69 Å². The van der Waals surface area contributed by atoms with Crippen LogP contribution in [-0.4, -0.2) is 63.5 Å². The van der Waals surface area contributed by atoms with Crippen molar-refractivity contribution < 1.29 is 29.2 Å². The predicted molar refractivity (Wildman–Crippen MR) is 94.1 cm³/mol. The molecule has 0 aliphatic carbocycles. The van der Waals surface area contributed by atoms with E-state index in [1.807, 2.05) is 0 Å². The van der Waals surface area contributed by atoms with Gasteiger partial charge in [-0.05, 0) is 12.5 Å². The average Bonchev–Trinajstić information content (AvgIpc) is 2.45. The van der Waals surface area contributed by atoms with Crippen LogP contribution in [0.25, 0.3) is 0 Å². The van der Waals surface area contributed by atoms with Crippen molar-refractivity contribution in [2.75, 3.05) is 21.1 Å². The van der Waals surface area contributed by atoms with Crippen LogP contribution in [0.1, 0.15) is 18.9 Å². The van der Waals surface area contributed by atoms with E-state index in [2.05, 4.69) is 0 Å². The smallest absolute Gasteiger partial charge is 0.307 e. The molecule has 8 nitrogen and oxygen atoms in total. The van der Waals surface area contributed by atoms with E-state index in [1.165, 1.54) is 30.8 Å². The van der Waals surface area contributed by atoms with E-state index in [4.69, 9.17) is 5.11 Å². The zero-order valence-corrected chi connectivity index (χ0v) is 15.4. The molecule has 0 spiro atoms. The number of hydrogen-bond donors (Lipinski definition) is 2. The summed E-state index contributed by atoms with van der Waals surface area (Å²) >= 11 is 1.24. The minimum absolute atomic E-state index is 0.0250. The second kappa shape index (κ2) is 7.94. The minimum atomic E-state index is -2.02. The Bertz CT molecular complexity index is 656. The number of benzene rings is 1. The number of rotatable bonds is 9. The summed E-state index contributed by atoms with van der Waals surface area (Å²) in [5.41, 5.74) is -1.27. The Morgan fingerprint density at radius 1 is 1.28 bits per heavy atom. The number of quaternary nitrogens is 1. The third kappa shape index (κ3) is 5.52. The molecule has 2 unspecified atom stereocenters. The molecule has 25 heavy (non-hydrogen) atoms. The Morgan fingerprint density at radius 2 is 1.80 bits per heavy atom. The second-order valence-corrected chi connectivity index (χ2v) is 7.82. The van der Waals surface area contributed by atoms with E-state index in [1.54, 1.807) is 33.3 Å². The maximum atomic E-state index is 12.0. The van der Waals surface area contributed by atoms with E-state index in [0.29, 0.717) is 5.75 Å². The number of ketones is 1. The molecule has 0 fully saturated rings. The van der Waals surface area contributed by atoms with Gasteiger partial charge in [-0.1, -0.05) is 23.9 Å². The number of aliphatic carboxylic acids is 1. The van der Waals surface area contributed by atoms with Crippen molar-refractivity contribution in [1.29, 1.82) is 0 Å². The number of nitro benzene ring substituents is 1. The van der Waals surface area contributed by atoms with Crippen LogP contribution in [0.15, 0.2) is 24.3 Å². The molecule has 9 heteroatoms. The number of carbonyl (C=O) groups excluding carboxylic acids is 1. The fourth-order valence-electron chi connectivity index (χ4n) is 2.51. The van der Waals surface area contributed by atoms with Gasteiger partial charge in [0.1, 0.15) is 0 Å². The molecule has 0 aliphatic heterocycles. The first-order valence-electron chi connectivity index (χ1n) is 7.49. The lowest BCUT2D eigenvalue weighted by molar-refractivity contribution is -0.886. The molecule has 1 rings (SSSR count). The van der Waals surface area contributed by atoms with E-state index >= 15 is 0 Å². The zero-order chi connectivity index (χ0) is 19.4. The van der Waals surface area contributed by atoms with Crippen molar-refractivity contribution in [2.45, 2.75) is 30.1 Å². The molecule has 138 valence electrons. The highest BCUT2D eigenvalue weighted by Gasteiger charge is 2.50. The van der Waals surface area contributed by atoms with E-state index in [9.17, 15) is 24.8 Å². The van der Waals surface area contributed by atoms with Crippen LogP contribution in [-0.2, 0) is 15.3 Å². The largest absolute Gasteiger partial charge is 0.481 e. The van der Waals surface area contributed by atoms with Crippen molar-refractivity contribution in [3.8, 4) is 0 Å². The van der Waals surface area contributed by atoms with Gasteiger partial charge in [0, 0.05) is 17.9 Å². The number of thioether (sulfide) groups is 1. The SMILES string of the molecule is CC(=O)C(O)(CC(=O)O)C(SCc1ccc([N+](=O)[O-])cc1)[N+](C)(C)C. The van der Waals surface area contributed by atoms with Gasteiger partial charge in [0.15, 0.2) is 16.8 Å². The van der Waals surface area contributed by atoms with Crippen LogP contribution in [0.5, 0.6) is 0 Å². The predicted octanol–water partition coefficient (Wildman–Crippen LogP) is 1.66. The first-order valence-corrected chi connectivity index (χ1v) is 8.54. The fourth-order valence-corrected chi connectivity index (χ4v) is 4.02. The molecule has 2 N–H and O–H groups in total. The molecule has 2 atom stereocenters. The highest BCUT2D eigenvalue weighted by Crippen LogP contribution is 2.35. The summed E-state index contributed by atoms with van der Waals surface area (Å²) in [6, 6.07) is 5.96. The molecule has 0 amide bonds. The van der Waals surface area contributed by atoms with E-state index in [-0.39, 0.29) is 10.2 Å².